The first-order valence-electron chi connectivity index (χ1n) is 8.47. The Labute approximate surface area is 151 Å². The maximum absolute atomic E-state index is 13.0. The summed E-state index contributed by atoms with van der Waals surface area (Å²) in [6, 6.07) is 12.8. The van der Waals surface area contributed by atoms with Crippen LogP contribution in [0.25, 0.3) is 0 Å². The van der Waals surface area contributed by atoms with E-state index in [0.717, 1.165) is 17.5 Å². The van der Waals surface area contributed by atoms with Crippen molar-refractivity contribution < 1.29 is 13.2 Å². The lowest BCUT2D eigenvalue weighted by molar-refractivity contribution is 0.410. The number of hydrogen-bond donors (Lipinski definition) is 1. The van der Waals surface area contributed by atoms with Gasteiger partial charge < -0.3 is 4.74 Å². The topological polar surface area (TPSA) is 55.4 Å². The first kappa shape index (κ1) is 19.5. The van der Waals surface area contributed by atoms with E-state index in [9.17, 15) is 8.42 Å². The van der Waals surface area contributed by atoms with Gasteiger partial charge in [0, 0.05) is 6.04 Å². The van der Waals surface area contributed by atoms with Crippen LogP contribution in [0.5, 0.6) is 5.75 Å². The molecule has 2 rings (SSSR count). The minimum absolute atomic E-state index is 0.256. The Morgan fingerprint density at radius 3 is 2.20 bits per heavy atom. The molecule has 0 unspecified atom stereocenters. The van der Waals surface area contributed by atoms with E-state index in [1.54, 1.807) is 19.2 Å². The highest BCUT2D eigenvalue weighted by molar-refractivity contribution is 7.89. The number of sulfonamides is 1. The molecular formula is C20H27NO3S. The van der Waals surface area contributed by atoms with Crippen LogP contribution in [-0.4, -0.2) is 15.5 Å². The van der Waals surface area contributed by atoms with Crippen LogP contribution in [0, 0.1) is 19.8 Å². The Kier molecular flexibility index (Phi) is 6.25. The zero-order valence-electron chi connectivity index (χ0n) is 15.5. The number of benzene rings is 2. The van der Waals surface area contributed by atoms with Crippen LogP contribution < -0.4 is 9.46 Å². The van der Waals surface area contributed by atoms with Crippen molar-refractivity contribution in [3.63, 3.8) is 0 Å². The van der Waals surface area contributed by atoms with Crippen LogP contribution in [0.2, 0.25) is 0 Å². The third-order valence-electron chi connectivity index (χ3n) is 4.40. The largest absolute Gasteiger partial charge is 0.496 e. The number of rotatable bonds is 7. The Hall–Kier alpha value is -1.85. The van der Waals surface area contributed by atoms with Crippen LogP contribution in [0.1, 0.15) is 43.0 Å². The van der Waals surface area contributed by atoms with E-state index in [4.69, 9.17) is 4.74 Å². The Balaban J connectivity index is 2.39. The van der Waals surface area contributed by atoms with E-state index >= 15 is 0 Å². The molecule has 0 heterocycles. The second-order valence-corrected chi connectivity index (χ2v) is 8.41. The fraction of sp³-hybridized carbons (Fsp3) is 0.400. The molecule has 0 amide bonds. The normalized spacial score (nSPS) is 13.0. The average molecular weight is 362 g/mol. The van der Waals surface area contributed by atoms with Crippen molar-refractivity contribution in [3.05, 3.63) is 59.2 Å². The van der Waals surface area contributed by atoms with E-state index in [1.807, 2.05) is 44.2 Å². The van der Waals surface area contributed by atoms with Gasteiger partial charge in [-0.1, -0.05) is 44.2 Å². The van der Waals surface area contributed by atoms with Crippen molar-refractivity contribution in [2.75, 3.05) is 7.11 Å². The van der Waals surface area contributed by atoms with Crippen molar-refractivity contribution in [1.82, 2.24) is 4.72 Å². The number of methoxy groups -OCH3 is 1. The molecule has 0 bridgehead atoms. The van der Waals surface area contributed by atoms with Crippen LogP contribution >= 0.6 is 0 Å². The SMILES string of the molecule is COc1ccc(S(=O)(=O)N[C@H](CC(C)C)c2ccccc2)c(C)c1C. The molecule has 0 aliphatic heterocycles. The molecule has 5 heteroatoms. The molecule has 136 valence electrons. The molecule has 0 saturated carbocycles. The molecule has 0 aliphatic rings. The van der Waals surface area contributed by atoms with Gasteiger partial charge in [0.05, 0.1) is 12.0 Å². The fourth-order valence-electron chi connectivity index (χ4n) is 2.94. The summed E-state index contributed by atoms with van der Waals surface area (Å²) in [5, 5.41) is 0. The van der Waals surface area contributed by atoms with Crippen LogP contribution in [0.3, 0.4) is 0 Å². The summed E-state index contributed by atoms with van der Waals surface area (Å²) in [5.74, 6) is 1.06. The lowest BCUT2D eigenvalue weighted by atomic mass is 9.98. The highest BCUT2D eigenvalue weighted by atomic mass is 32.2. The lowest BCUT2D eigenvalue weighted by Crippen LogP contribution is -2.30. The maximum Gasteiger partial charge on any atom is 0.241 e. The van der Waals surface area contributed by atoms with Crippen LogP contribution in [0.4, 0.5) is 0 Å². The van der Waals surface area contributed by atoms with Crippen LogP contribution in [-0.2, 0) is 10.0 Å². The van der Waals surface area contributed by atoms with E-state index in [1.165, 1.54) is 0 Å². The third kappa shape index (κ3) is 4.61. The van der Waals surface area contributed by atoms with Gasteiger partial charge >= 0.3 is 0 Å². The number of hydrogen-bond acceptors (Lipinski definition) is 3. The molecular weight excluding hydrogens is 334 g/mol. The molecule has 0 saturated heterocycles. The highest BCUT2D eigenvalue weighted by Gasteiger charge is 2.24. The molecule has 1 N–H and O–H groups in total. The monoisotopic (exact) mass is 361 g/mol. The standard InChI is InChI=1S/C20H27NO3S/c1-14(2)13-18(17-9-7-6-8-10-17)21-25(22,23)20-12-11-19(24-5)15(3)16(20)4/h6-12,14,18,21H,13H2,1-5H3/t18-/m1/s1. The fourth-order valence-corrected chi connectivity index (χ4v) is 4.48. The average Bonchev–Trinajstić information content (AvgIpc) is 2.56. The van der Waals surface area contributed by atoms with Gasteiger partial charge in [-0.3, -0.25) is 0 Å². The molecule has 2 aromatic carbocycles. The lowest BCUT2D eigenvalue weighted by Gasteiger charge is -2.22. The number of nitrogens with one attached hydrogen (secondary N) is 1. The number of ether oxygens (including phenoxy) is 1. The van der Waals surface area contributed by atoms with Gasteiger partial charge in [0.2, 0.25) is 10.0 Å². The predicted octanol–water partition coefficient (Wildman–Crippen LogP) is 4.38. The maximum atomic E-state index is 13.0. The van der Waals surface area contributed by atoms with E-state index < -0.39 is 10.0 Å². The van der Waals surface area contributed by atoms with Gasteiger partial charge in [-0.15, -0.1) is 0 Å². The molecule has 0 spiro atoms. The van der Waals surface area contributed by atoms with Gasteiger partial charge in [0.25, 0.3) is 0 Å². The van der Waals surface area contributed by atoms with Crippen molar-refractivity contribution in [3.8, 4) is 5.75 Å². The summed E-state index contributed by atoms with van der Waals surface area (Å²) < 4.78 is 34.2. The van der Waals surface area contributed by atoms with Crippen molar-refractivity contribution in [2.45, 2.75) is 45.1 Å². The molecule has 0 aliphatic carbocycles. The molecule has 0 radical (unpaired) electrons. The second-order valence-electron chi connectivity index (χ2n) is 6.73. The van der Waals surface area contributed by atoms with Crippen molar-refractivity contribution >= 4 is 10.0 Å². The van der Waals surface area contributed by atoms with Crippen molar-refractivity contribution in [2.24, 2.45) is 5.92 Å². The predicted molar refractivity (Wildman–Crippen MR) is 101 cm³/mol. The van der Waals surface area contributed by atoms with E-state index in [-0.39, 0.29) is 6.04 Å². The van der Waals surface area contributed by atoms with Gasteiger partial charge in [-0.2, -0.15) is 0 Å². The second kappa shape index (κ2) is 8.02. The third-order valence-corrected chi connectivity index (χ3v) is 6.02. The summed E-state index contributed by atoms with van der Waals surface area (Å²) in [5.41, 5.74) is 2.52. The summed E-state index contributed by atoms with van der Waals surface area (Å²) in [6.45, 7) is 7.86. The molecule has 4 nitrogen and oxygen atoms in total. The minimum atomic E-state index is -3.64. The molecule has 2 aromatic rings. The van der Waals surface area contributed by atoms with Crippen LogP contribution in [0.15, 0.2) is 47.4 Å². The molecule has 0 aromatic heterocycles. The highest BCUT2D eigenvalue weighted by Crippen LogP contribution is 2.29. The summed E-state index contributed by atoms with van der Waals surface area (Å²) in [7, 11) is -2.05. The quantitative estimate of drug-likeness (QED) is 0.796. The van der Waals surface area contributed by atoms with Gasteiger partial charge in [-0.05, 0) is 55.0 Å². The zero-order chi connectivity index (χ0) is 18.6. The minimum Gasteiger partial charge on any atom is -0.496 e. The summed E-state index contributed by atoms with van der Waals surface area (Å²) in [6.07, 6.45) is 0.734. The first-order chi connectivity index (χ1) is 11.8. The molecule has 1 atom stereocenters. The molecule has 25 heavy (non-hydrogen) atoms. The summed E-state index contributed by atoms with van der Waals surface area (Å²) >= 11 is 0. The van der Waals surface area contributed by atoms with Crippen molar-refractivity contribution in [1.29, 1.82) is 0 Å². The summed E-state index contributed by atoms with van der Waals surface area (Å²) in [4.78, 5) is 0.301. The first-order valence-corrected chi connectivity index (χ1v) is 9.96. The smallest absolute Gasteiger partial charge is 0.241 e. The Morgan fingerprint density at radius 1 is 1.00 bits per heavy atom. The Morgan fingerprint density at radius 2 is 1.64 bits per heavy atom. The van der Waals surface area contributed by atoms with E-state index in [2.05, 4.69) is 18.6 Å². The molecule has 0 fully saturated rings. The zero-order valence-corrected chi connectivity index (χ0v) is 16.4. The van der Waals surface area contributed by atoms with E-state index in [0.29, 0.717) is 22.1 Å². The van der Waals surface area contributed by atoms with Gasteiger partial charge in [0.15, 0.2) is 0 Å². The van der Waals surface area contributed by atoms with Gasteiger partial charge in [-0.25, -0.2) is 13.1 Å². The van der Waals surface area contributed by atoms with Gasteiger partial charge in [0.1, 0.15) is 5.75 Å². The Bertz CT molecular complexity index is 814.